The number of anilines is 1. The molecule has 6 N–H and O–H groups in total. The van der Waals surface area contributed by atoms with Crippen molar-refractivity contribution in [2.24, 2.45) is 5.73 Å². The largest absolute Gasteiger partial charge is 0.508 e. The fourth-order valence-corrected chi connectivity index (χ4v) is 0.993. The van der Waals surface area contributed by atoms with Crippen LogP contribution in [0, 0.1) is 0 Å². The minimum absolute atomic E-state index is 0.0838. The normalized spacial score (nSPS) is 12.8. The van der Waals surface area contributed by atoms with Crippen molar-refractivity contribution in [1.29, 1.82) is 0 Å². The van der Waals surface area contributed by atoms with Crippen molar-refractivity contribution < 1.29 is 10.2 Å². The minimum atomic E-state index is -0.759. The first-order valence-electron chi connectivity index (χ1n) is 3.61. The molecule has 1 unspecified atom stereocenters. The predicted octanol–water partition coefficient (Wildman–Crippen LogP) is -0.0335. The van der Waals surface area contributed by atoms with Gasteiger partial charge < -0.3 is 21.7 Å². The van der Waals surface area contributed by atoms with Crippen LogP contribution in [-0.4, -0.2) is 16.8 Å². The molecule has 0 aliphatic carbocycles. The maximum absolute atomic E-state index is 9.31. The van der Waals surface area contributed by atoms with E-state index in [1.54, 1.807) is 6.07 Å². The fourth-order valence-electron chi connectivity index (χ4n) is 0.993. The van der Waals surface area contributed by atoms with Gasteiger partial charge in [-0.2, -0.15) is 0 Å². The molecule has 0 saturated heterocycles. The summed E-state index contributed by atoms with van der Waals surface area (Å²) >= 11 is 0. The van der Waals surface area contributed by atoms with Crippen LogP contribution in [0.2, 0.25) is 0 Å². The lowest BCUT2D eigenvalue weighted by Gasteiger charge is -2.10. The highest BCUT2D eigenvalue weighted by Crippen LogP contribution is 2.23. The molecule has 1 atom stereocenters. The third-order valence-corrected chi connectivity index (χ3v) is 1.65. The van der Waals surface area contributed by atoms with Crippen LogP contribution in [0.3, 0.4) is 0 Å². The van der Waals surface area contributed by atoms with Gasteiger partial charge in [-0.05, 0) is 6.07 Å². The van der Waals surface area contributed by atoms with Crippen LogP contribution in [0.5, 0.6) is 5.75 Å². The second-order valence-corrected chi connectivity index (χ2v) is 2.56. The maximum Gasteiger partial charge on any atom is 0.117 e. The van der Waals surface area contributed by atoms with Crippen LogP contribution in [0.4, 0.5) is 5.69 Å². The summed E-state index contributed by atoms with van der Waals surface area (Å²) in [6, 6.07) is 4.40. The van der Waals surface area contributed by atoms with Crippen molar-refractivity contribution in [2.45, 2.75) is 6.10 Å². The lowest BCUT2D eigenvalue weighted by atomic mass is 10.1. The van der Waals surface area contributed by atoms with E-state index in [1.165, 1.54) is 12.1 Å². The molecule has 0 amide bonds. The number of hydrogen-bond acceptors (Lipinski definition) is 4. The molecular formula is C8H12N2O2. The zero-order valence-corrected chi connectivity index (χ0v) is 6.57. The fraction of sp³-hybridized carbons (Fsp3) is 0.250. The van der Waals surface area contributed by atoms with Gasteiger partial charge in [0, 0.05) is 23.9 Å². The van der Waals surface area contributed by atoms with E-state index in [0.29, 0.717) is 11.3 Å². The summed E-state index contributed by atoms with van der Waals surface area (Å²) in [6.45, 7) is 0.120. The lowest BCUT2D eigenvalue weighted by molar-refractivity contribution is 0.187. The Bertz CT molecular complexity index is 276. The average molecular weight is 168 g/mol. The molecule has 0 fully saturated rings. The van der Waals surface area contributed by atoms with E-state index in [1.807, 2.05) is 0 Å². The van der Waals surface area contributed by atoms with E-state index in [9.17, 15) is 5.11 Å². The van der Waals surface area contributed by atoms with Gasteiger partial charge in [0.1, 0.15) is 5.75 Å². The summed E-state index contributed by atoms with van der Waals surface area (Å²) in [5, 5.41) is 18.3. The number of phenols is 1. The predicted molar refractivity (Wildman–Crippen MR) is 46.5 cm³/mol. The van der Waals surface area contributed by atoms with Crippen molar-refractivity contribution in [1.82, 2.24) is 0 Å². The first kappa shape index (κ1) is 8.83. The number of phenolic OH excluding ortho intramolecular Hbond substituents is 1. The molecule has 4 heteroatoms. The summed E-state index contributed by atoms with van der Waals surface area (Å²) in [6.07, 6.45) is -0.759. The molecule has 0 bridgehead atoms. The molecule has 1 rings (SSSR count). The van der Waals surface area contributed by atoms with E-state index < -0.39 is 6.10 Å². The topological polar surface area (TPSA) is 92.5 Å². The highest BCUT2D eigenvalue weighted by Gasteiger charge is 2.08. The number of nitrogen functional groups attached to an aromatic ring is 1. The van der Waals surface area contributed by atoms with Gasteiger partial charge in [0.05, 0.1) is 6.10 Å². The van der Waals surface area contributed by atoms with Crippen molar-refractivity contribution in [3.8, 4) is 5.75 Å². The second kappa shape index (κ2) is 3.42. The Labute approximate surface area is 70.4 Å². The van der Waals surface area contributed by atoms with Crippen molar-refractivity contribution in [2.75, 3.05) is 12.3 Å². The molecular weight excluding hydrogens is 156 g/mol. The lowest BCUT2D eigenvalue weighted by Crippen LogP contribution is -2.13. The smallest absolute Gasteiger partial charge is 0.117 e. The standard InChI is InChI=1S/C8H12N2O2/c9-4-8(12)6-2-1-5(11)3-7(6)10/h1-3,8,11-12H,4,9-10H2. The highest BCUT2D eigenvalue weighted by atomic mass is 16.3. The molecule has 0 aliphatic rings. The highest BCUT2D eigenvalue weighted by molar-refractivity contribution is 5.52. The molecule has 0 aromatic heterocycles. The van der Waals surface area contributed by atoms with Gasteiger partial charge in [-0.1, -0.05) is 6.07 Å². The van der Waals surface area contributed by atoms with Crippen LogP contribution < -0.4 is 11.5 Å². The summed E-state index contributed by atoms with van der Waals surface area (Å²) in [4.78, 5) is 0. The number of rotatable bonds is 2. The SMILES string of the molecule is NCC(O)c1ccc(O)cc1N. The van der Waals surface area contributed by atoms with Crippen LogP contribution >= 0.6 is 0 Å². The van der Waals surface area contributed by atoms with Gasteiger partial charge in [-0.15, -0.1) is 0 Å². The van der Waals surface area contributed by atoms with Gasteiger partial charge in [-0.25, -0.2) is 0 Å². The van der Waals surface area contributed by atoms with E-state index >= 15 is 0 Å². The van der Waals surface area contributed by atoms with Gasteiger partial charge in [0.25, 0.3) is 0 Å². The van der Waals surface area contributed by atoms with Crippen LogP contribution in [0.25, 0.3) is 0 Å². The quantitative estimate of drug-likeness (QED) is 0.466. The van der Waals surface area contributed by atoms with Crippen LogP contribution in [-0.2, 0) is 0 Å². The molecule has 66 valence electrons. The van der Waals surface area contributed by atoms with E-state index in [-0.39, 0.29) is 12.3 Å². The third kappa shape index (κ3) is 1.66. The van der Waals surface area contributed by atoms with Gasteiger partial charge >= 0.3 is 0 Å². The zero-order chi connectivity index (χ0) is 9.14. The molecule has 4 nitrogen and oxygen atoms in total. The summed E-state index contributed by atoms with van der Waals surface area (Å²) in [5.74, 6) is 0.0838. The maximum atomic E-state index is 9.31. The Balaban J connectivity index is 3.01. The van der Waals surface area contributed by atoms with Crippen molar-refractivity contribution in [3.05, 3.63) is 23.8 Å². The van der Waals surface area contributed by atoms with Crippen LogP contribution in [0.15, 0.2) is 18.2 Å². The molecule has 1 aromatic rings. The number of aliphatic hydroxyl groups excluding tert-OH is 1. The van der Waals surface area contributed by atoms with E-state index in [4.69, 9.17) is 16.6 Å². The van der Waals surface area contributed by atoms with Crippen LogP contribution in [0.1, 0.15) is 11.7 Å². The number of aliphatic hydroxyl groups is 1. The zero-order valence-electron chi connectivity index (χ0n) is 6.57. The van der Waals surface area contributed by atoms with Gasteiger partial charge in [0.2, 0.25) is 0 Å². The first-order valence-corrected chi connectivity index (χ1v) is 3.61. The molecule has 12 heavy (non-hydrogen) atoms. The first-order chi connectivity index (χ1) is 5.65. The molecule has 0 spiro atoms. The van der Waals surface area contributed by atoms with Gasteiger partial charge in [-0.3, -0.25) is 0 Å². The number of hydrogen-bond donors (Lipinski definition) is 4. The molecule has 1 aromatic carbocycles. The Morgan fingerprint density at radius 2 is 2.08 bits per heavy atom. The number of nitrogens with two attached hydrogens (primary N) is 2. The Hall–Kier alpha value is -1.26. The minimum Gasteiger partial charge on any atom is -0.508 e. The monoisotopic (exact) mass is 168 g/mol. The number of aromatic hydroxyl groups is 1. The average Bonchev–Trinajstić information content (AvgIpc) is 2.03. The summed E-state index contributed by atoms with van der Waals surface area (Å²) < 4.78 is 0. The Kier molecular flexibility index (Phi) is 2.52. The molecule has 0 saturated carbocycles. The molecule has 0 aliphatic heterocycles. The van der Waals surface area contributed by atoms with Crippen molar-refractivity contribution >= 4 is 5.69 Å². The van der Waals surface area contributed by atoms with E-state index in [0.717, 1.165) is 0 Å². The Morgan fingerprint density at radius 1 is 1.42 bits per heavy atom. The second-order valence-electron chi connectivity index (χ2n) is 2.56. The number of benzene rings is 1. The Morgan fingerprint density at radius 3 is 2.58 bits per heavy atom. The summed E-state index contributed by atoms with van der Waals surface area (Å²) in [5.41, 5.74) is 11.7. The van der Waals surface area contributed by atoms with Gasteiger partial charge in [0.15, 0.2) is 0 Å². The van der Waals surface area contributed by atoms with Crippen molar-refractivity contribution in [3.63, 3.8) is 0 Å². The summed E-state index contributed by atoms with van der Waals surface area (Å²) in [7, 11) is 0. The third-order valence-electron chi connectivity index (χ3n) is 1.65. The van der Waals surface area contributed by atoms with E-state index in [2.05, 4.69) is 0 Å². The molecule has 0 heterocycles. The molecule has 0 radical (unpaired) electrons.